The second-order valence-electron chi connectivity index (χ2n) is 3.45. The van der Waals surface area contributed by atoms with Gasteiger partial charge in [-0.1, -0.05) is 0 Å². The fourth-order valence-electron chi connectivity index (χ4n) is 0.898. The van der Waals surface area contributed by atoms with Crippen LogP contribution in [0.3, 0.4) is 0 Å². The number of hydrogen-bond acceptors (Lipinski definition) is 11. The molecule has 120 valence electrons. The Morgan fingerprint density at radius 3 is 1.78 bits per heavy atom. The molecule has 0 amide bonds. The summed E-state index contributed by atoms with van der Waals surface area (Å²) in [4.78, 5) is 49.6. The number of aliphatic hydroxyl groups excluding tert-OH is 3. The van der Waals surface area contributed by atoms with Crippen LogP contribution < -0.4 is 103 Å². The second kappa shape index (κ2) is 14.8. The molecule has 12 nitrogen and oxygen atoms in total. The van der Waals surface area contributed by atoms with Gasteiger partial charge in [-0.15, -0.1) is 0 Å². The van der Waals surface area contributed by atoms with Gasteiger partial charge in [-0.3, -0.25) is 9.36 Å². The third kappa shape index (κ3) is 17.9. The summed E-state index contributed by atoms with van der Waals surface area (Å²) >= 11 is 0. The fraction of sp³-hybridized carbons (Fsp3) is 0.833. The number of carbonyl (C=O) groups is 1. The number of phosphoric ester groups is 2. The van der Waals surface area contributed by atoms with Gasteiger partial charge in [0.25, 0.3) is 7.82 Å². The van der Waals surface area contributed by atoms with Gasteiger partial charge in [-0.25, -0.2) is 0 Å². The minimum atomic E-state index is -5.42. The Labute approximate surface area is 197 Å². The van der Waals surface area contributed by atoms with Gasteiger partial charge >= 0.3 is 88.7 Å². The van der Waals surface area contributed by atoms with E-state index in [4.69, 9.17) is 10.00 Å². The number of Topliss-reactive ketones (excluding diaryl/α,β-unsaturated/α-hetero) is 1. The SMILES string of the molecule is O=C(COP(=O)([O-])O)C(O)C(O)C(O)COP(=O)([O-])[O-].[Na+].[Na+].[Na+]. The zero-order chi connectivity index (χ0) is 16.1. The number of carbonyl (C=O) groups excluding carboxylic acids is 1. The number of ketones is 1. The van der Waals surface area contributed by atoms with Gasteiger partial charge in [-0.05, 0) is 0 Å². The zero-order valence-corrected chi connectivity index (χ0v) is 20.4. The van der Waals surface area contributed by atoms with E-state index in [-0.39, 0.29) is 88.7 Å². The maximum absolute atomic E-state index is 11.1. The van der Waals surface area contributed by atoms with E-state index in [2.05, 4.69) is 9.05 Å². The minimum Gasteiger partial charge on any atom is -0.790 e. The largest absolute Gasteiger partial charge is 1.00 e. The molecule has 0 aliphatic rings. The predicted octanol–water partition coefficient (Wildman–Crippen LogP) is -14.0. The van der Waals surface area contributed by atoms with Crippen molar-refractivity contribution in [2.45, 2.75) is 18.3 Å². The zero-order valence-electron chi connectivity index (χ0n) is 12.6. The van der Waals surface area contributed by atoms with Crippen molar-refractivity contribution < 1.29 is 147 Å². The van der Waals surface area contributed by atoms with Crippen molar-refractivity contribution in [2.75, 3.05) is 13.2 Å². The maximum atomic E-state index is 11.1. The molecule has 0 saturated carbocycles. The van der Waals surface area contributed by atoms with E-state index in [0.29, 0.717) is 0 Å². The Kier molecular flexibility index (Phi) is 21.4. The predicted molar refractivity (Wildman–Crippen MR) is 52.4 cm³/mol. The summed E-state index contributed by atoms with van der Waals surface area (Å²) in [5.74, 6) is -1.44. The van der Waals surface area contributed by atoms with Crippen LogP contribution in [0.1, 0.15) is 0 Å². The van der Waals surface area contributed by atoms with E-state index in [9.17, 15) is 38.8 Å². The molecule has 0 aromatic carbocycles. The molecule has 0 spiro atoms. The Hall–Kier alpha value is 2.77. The molecule has 0 aromatic rings. The topological polar surface area (TPSA) is 220 Å². The van der Waals surface area contributed by atoms with Crippen LogP contribution in [-0.2, 0) is 23.0 Å². The first-order valence-corrected chi connectivity index (χ1v) is 7.71. The molecule has 4 N–H and O–H groups in total. The summed E-state index contributed by atoms with van der Waals surface area (Å²) in [6, 6.07) is 0. The molecule has 4 atom stereocenters. The fourth-order valence-corrected chi connectivity index (χ4v) is 1.52. The van der Waals surface area contributed by atoms with Crippen LogP contribution in [0, 0.1) is 0 Å². The molecule has 0 radical (unpaired) electrons. The van der Waals surface area contributed by atoms with Crippen molar-refractivity contribution in [3.8, 4) is 0 Å². The summed E-state index contributed by atoms with van der Waals surface area (Å²) in [5.41, 5.74) is 0. The van der Waals surface area contributed by atoms with Crippen molar-refractivity contribution in [3.63, 3.8) is 0 Å². The van der Waals surface area contributed by atoms with Crippen LogP contribution in [0.2, 0.25) is 0 Å². The van der Waals surface area contributed by atoms with Crippen LogP contribution in [0.5, 0.6) is 0 Å². The van der Waals surface area contributed by atoms with Crippen LogP contribution >= 0.6 is 15.6 Å². The van der Waals surface area contributed by atoms with Crippen LogP contribution in [-0.4, -0.2) is 57.5 Å². The molecule has 0 saturated heterocycles. The summed E-state index contributed by atoms with van der Waals surface area (Å²) in [5, 5.41) is 27.5. The molecule has 4 unspecified atom stereocenters. The monoisotopic (exact) mass is 406 g/mol. The summed E-state index contributed by atoms with van der Waals surface area (Å²) in [6.45, 7) is -2.55. The average molecular weight is 406 g/mol. The molecule has 0 fully saturated rings. The molecule has 17 heteroatoms. The Balaban J connectivity index is -0.000000602. The van der Waals surface area contributed by atoms with Crippen molar-refractivity contribution in [1.29, 1.82) is 0 Å². The van der Waals surface area contributed by atoms with Crippen molar-refractivity contribution >= 4 is 21.4 Å². The van der Waals surface area contributed by atoms with Crippen LogP contribution in [0.4, 0.5) is 0 Å². The summed E-state index contributed by atoms with van der Waals surface area (Å²) in [7, 11) is -10.6. The van der Waals surface area contributed by atoms with Crippen LogP contribution in [0.15, 0.2) is 0 Å². The van der Waals surface area contributed by atoms with Crippen molar-refractivity contribution in [3.05, 3.63) is 0 Å². The molecule has 0 rings (SSSR count). The van der Waals surface area contributed by atoms with E-state index < -0.39 is 53.0 Å². The molecular weight excluding hydrogens is 395 g/mol. The van der Waals surface area contributed by atoms with Gasteiger partial charge in [0.15, 0.2) is 5.78 Å². The van der Waals surface area contributed by atoms with E-state index >= 15 is 0 Å². The Bertz CT molecular complexity index is 423. The third-order valence-electron chi connectivity index (χ3n) is 1.82. The number of aliphatic hydroxyl groups is 3. The van der Waals surface area contributed by atoms with Gasteiger partial charge in [0.05, 0.1) is 14.4 Å². The van der Waals surface area contributed by atoms with Gasteiger partial charge in [0.2, 0.25) is 0 Å². The molecular formula is C6H11Na3O12P2. The molecule has 23 heavy (non-hydrogen) atoms. The number of rotatable bonds is 9. The molecule has 0 heterocycles. The molecule has 0 aliphatic heterocycles. The summed E-state index contributed by atoms with van der Waals surface area (Å²) < 4.78 is 27.5. The molecule has 0 bridgehead atoms. The first-order valence-electron chi connectivity index (χ1n) is 4.75. The van der Waals surface area contributed by atoms with E-state index in [1.54, 1.807) is 0 Å². The van der Waals surface area contributed by atoms with E-state index in [1.165, 1.54) is 0 Å². The first kappa shape index (κ1) is 33.4. The number of hydrogen-bond donors (Lipinski definition) is 4. The van der Waals surface area contributed by atoms with Gasteiger partial charge < -0.3 is 48.5 Å². The van der Waals surface area contributed by atoms with Crippen molar-refractivity contribution in [1.82, 2.24) is 0 Å². The minimum absolute atomic E-state index is 0. The first-order chi connectivity index (χ1) is 8.83. The molecule has 0 aliphatic carbocycles. The van der Waals surface area contributed by atoms with Crippen LogP contribution in [0.25, 0.3) is 0 Å². The van der Waals surface area contributed by atoms with Gasteiger partial charge in [-0.2, -0.15) is 0 Å². The third-order valence-corrected chi connectivity index (χ3v) is 2.74. The molecule has 0 aromatic heterocycles. The van der Waals surface area contributed by atoms with Gasteiger partial charge in [0, 0.05) is 0 Å². The van der Waals surface area contributed by atoms with Gasteiger partial charge in [0.1, 0.15) is 24.9 Å². The summed E-state index contributed by atoms with van der Waals surface area (Å²) in [6.07, 6.45) is -6.77. The normalized spacial score (nSPS) is 17.3. The average Bonchev–Trinajstić information content (AvgIpc) is 2.29. The second-order valence-corrected chi connectivity index (χ2v) is 5.80. The number of phosphoric acid groups is 2. The maximum Gasteiger partial charge on any atom is 1.00 e. The Morgan fingerprint density at radius 2 is 1.43 bits per heavy atom. The van der Waals surface area contributed by atoms with Crippen molar-refractivity contribution in [2.24, 2.45) is 0 Å². The Morgan fingerprint density at radius 1 is 1.00 bits per heavy atom. The quantitative estimate of drug-likeness (QED) is 0.207. The standard InChI is InChI=1S/C6H14O12P2.3Na/c7-3(1-17-19(11,12)13)5(9)6(10)4(8)2-18-20(14,15)16;;;/h3,5-7,9-10H,1-2H2,(H2,11,12,13)(H2,14,15,16);;;/q;3*+1/p-3. The van der Waals surface area contributed by atoms with E-state index in [1.807, 2.05) is 0 Å². The van der Waals surface area contributed by atoms with E-state index in [0.717, 1.165) is 0 Å². The smallest absolute Gasteiger partial charge is 0.790 e.